The first-order valence-corrected chi connectivity index (χ1v) is 12.6. The van der Waals surface area contributed by atoms with E-state index in [4.69, 9.17) is 9.84 Å². The zero-order valence-corrected chi connectivity index (χ0v) is 20.7. The van der Waals surface area contributed by atoms with Gasteiger partial charge in [-0.2, -0.15) is 13.2 Å². The van der Waals surface area contributed by atoms with E-state index in [1.807, 2.05) is 31.2 Å². The summed E-state index contributed by atoms with van der Waals surface area (Å²) < 4.78 is 44.3. The van der Waals surface area contributed by atoms with E-state index < -0.39 is 22.7 Å². The Morgan fingerprint density at radius 2 is 2.00 bits per heavy atom. The molecule has 0 radical (unpaired) electrons. The van der Waals surface area contributed by atoms with Gasteiger partial charge in [-0.15, -0.1) is 11.8 Å². The molecule has 11 heteroatoms. The van der Waals surface area contributed by atoms with Gasteiger partial charge in [-0.25, -0.2) is 9.97 Å². The lowest BCUT2D eigenvalue weighted by Gasteiger charge is -2.29. The predicted octanol–water partition coefficient (Wildman–Crippen LogP) is 5.03. The summed E-state index contributed by atoms with van der Waals surface area (Å²) in [6.45, 7) is 1.82. The van der Waals surface area contributed by atoms with E-state index in [-0.39, 0.29) is 17.9 Å². The van der Waals surface area contributed by atoms with E-state index in [1.54, 1.807) is 12.3 Å². The smallest absolute Gasteiger partial charge is 0.382 e. The number of aryl methyl sites for hydroxylation is 2. The van der Waals surface area contributed by atoms with Gasteiger partial charge in [-0.05, 0) is 66.3 Å². The average molecular weight is 531 g/mol. The third kappa shape index (κ3) is 5.35. The number of anilines is 2. The van der Waals surface area contributed by atoms with Gasteiger partial charge in [0.05, 0.1) is 23.1 Å². The molecule has 0 bridgehead atoms. The molecule has 0 saturated heterocycles. The van der Waals surface area contributed by atoms with Gasteiger partial charge < -0.3 is 20.3 Å². The van der Waals surface area contributed by atoms with Crippen molar-refractivity contribution in [2.24, 2.45) is 4.99 Å². The van der Waals surface area contributed by atoms with Crippen molar-refractivity contribution >= 4 is 29.6 Å². The largest absolute Gasteiger partial charge is 0.416 e. The SMILES string of the molecule is Cc1cc(Nc2cc(C(F)(F)F)ccn2)nc(C2C=NC(C3(O)CCc4cc(COCO)ccc43)S2)c1. The molecule has 37 heavy (non-hydrogen) atoms. The van der Waals surface area contributed by atoms with E-state index in [2.05, 4.69) is 20.3 Å². The van der Waals surface area contributed by atoms with Crippen LogP contribution in [0.25, 0.3) is 0 Å². The molecule has 1 aromatic carbocycles. The third-order valence-corrected chi connectivity index (χ3v) is 7.86. The lowest BCUT2D eigenvalue weighted by Crippen LogP contribution is -2.33. The van der Waals surface area contributed by atoms with E-state index >= 15 is 0 Å². The number of halogens is 3. The number of nitrogens with zero attached hydrogens (tertiary/aromatic N) is 3. The number of aliphatic hydroxyl groups is 2. The number of aliphatic imine (C=N–C) groups is 1. The fraction of sp³-hybridized carbons (Fsp3) is 0.346. The van der Waals surface area contributed by atoms with Crippen molar-refractivity contribution in [3.8, 4) is 0 Å². The molecule has 0 saturated carbocycles. The number of alkyl halides is 3. The molecule has 1 aliphatic heterocycles. The maximum absolute atomic E-state index is 13.1. The molecule has 194 valence electrons. The van der Waals surface area contributed by atoms with E-state index in [0.29, 0.717) is 31.0 Å². The molecule has 3 aromatic rings. The van der Waals surface area contributed by atoms with Gasteiger partial charge in [0.15, 0.2) is 0 Å². The monoisotopic (exact) mass is 530 g/mol. The standard InChI is InChI=1S/C26H25F3N4O3S/c1-15-8-20(32-23(9-15)33-22-11-18(5-7-30-22)26(27,28)29)21-12-31-24(37-21)25(35)6-4-17-10-16(13-36-14-34)2-3-19(17)25/h2-3,5,7-12,21,24,34-35H,4,6,13-14H2,1H3,(H,30,32,33). The zero-order chi connectivity index (χ0) is 26.2. The molecule has 3 unspecified atom stereocenters. The van der Waals surface area contributed by atoms with Crippen LogP contribution < -0.4 is 5.32 Å². The highest BCUT2D eigenvalue weighted by molar-refractivity contribution is 8.01. The summed E-state index contributed by atoms with van der Waals surface area (Å²) in [5.74, 6) is 0.423. The summed E-state index contributed by atoms with van der Waals surface area (Å²) in [4.78, 5) is 13.2. The summed E-state index contributed by atoms with van der Waals surface area (Å²) in [6, 6.07) is 11.3. The van der Waals surface area contributed by atoms with Gasteiger partial charge in [0.2, 0.25) is 0 Å². The molecule has 3 atom stereocenters. The van der Waals surface area contributed by atoms with Gasteiger partial charge in [-0.3, -0.25) is 4.99 Å². The van der Waals surface area contributed by atoms with Gasteiger partial charge in [-0.1, -0.05) is 18.2 Å². The Morgan fingerprint density at radius 3 is 2.78 bits per heavy atom. The first kappa shape index (κ1) is 25.7. The minimum Gasteiger partial charge on any atom is -0.382 e. The van der Waals surface area contributed by atoms with Crippen LogP contribution in [-0.4, -0.2) is 38.6 Å². The van der Waals surface area contributed by atoms with Crippen LogP contribution in [0.5, 0.6) is 0 Å². The Morgan fingerprint density at radius 1 is 1.16 bits per heavy atom. The van der Waals surface area contributed by atoms with Gasteiger partial charge in [0, 0.05) is 12.4 Å². The minimum atomic E-state index is -4.47. The maximum Gasteiger partial charge on any atom is 0.416 e. The maximum atomic E-state index is 13.1. The number of benzene rings is 1. The summed E-state index contributed by atoms with van der Waals surface area (Å²) in [7, 11) is 0. The Balaban J connectivity index is 1.33. The molecule has 3 N–H and O–H groups in total. The normalized spacial score (nSPS) is 22.9. The molecule has 7 nitrogen and oxygen atoms in total. The number of rotatable bonds is 7. The molecule has 3 heterocycles. The van der Waals surface area contributed by atoms with Crippen LogP contribution in [0.1, 0.15) is 45.2 Å². The minimum absolute atomic E-state index is 0.0464. The lowest BCUT2D eigenvalue weighted by atomic mass is 9.95. The lowest BCUT2D eigenvalue weighted by molar-refractivity contribution is -0.137. The molecule has 2 aromatic heterocycles. The number of aromatic nitrogens is 2. The van der Waals surface area contributed by atoms with Crippen molar-refractivity contribution in [3.05, 3.63) is 82.2 Å². The zero-order valence-electron chi connectivity index (χ0n) is 19.9. The molecule has 0 amide bonds. The molecule has 1 aliphatic carbocycles. The van der Waals surface area contributed by atoms with Crippen molar-refractivity contribution in [1.29, 1.82) is 0 Å². The Labute approximate surface area is 215 Å². The van der Waals surface area contributed by atoms with Crippen molar-refractivity contribution < 1.29 is 28.1 Å². The first-order valence-electron chi connectivity index (χ1n) is 11.7. The molecule has 0 spiro atoms. The highest BCUT2D eigenvalue weighted by atomic mass is 32.2. The highest BCUT2D eigenvalue weighted by Gasteiger charge is 2.46. The Bertz CT molecular complexity index is 1340. The number of hydrogen-bond donors (Lipinski definition) is 3. The summed E-state index contributed by atoms with van der Waals surface area (Å²) in [5, 5.41) is 22.7. The fourth-order valence-corrected chi connectivity index (χ4v) is 5.99. The third-order valence-electron chi connectivity index (χ3n) is 6.44. The van der Waals surface area contributed by atoms with Crippen LogP contribution in [0.2, 0.25) is 0 Å². The summed E-state index contributed by atoms with van der Waals surface area (Å²) in [5.41, 5.74) is 2.44. The van der Waals surface area contributed by atoms with Crippen LogP contribution in [0.15, 0.2) is 53.7 Å². The van der Waals surface area contributed by atoms with Crippen LogP contribution in [-0.2, 0) is 29.5 Å². The van der Waals surface area contributed by atoms with Crippen LogP contribution in [0.4, 0.5) is 24.8 Å². The number of thioether (sulfide) groups is 1. The van der Waals surface area contributed by atoms with Crippen molar-refractivity contribution in [2.45, 2.75) is 48.8 Å². The van der Waals surface area contributed by atoms with E-state index in [9.17, 15) is 18.3 Å². The van der Waals surface area contributed by atoms with Gasteiger partial charge in [0.25, 0.3) is 0 Å². The number of hydrogen-bond acceptors (Lipinski definition) is 8. The number of ether oxygens (including phenoxy) is 1. The molecular weight excluding hydrogens is 505 g/mol. The number of aliphatic hydroxyl groups excluding tert-OH is 1. The van der Waals surface area contributed by atoms with Gasteiger partial charge in [0.1, 0.15) is 29.4 Å². The number of pyridine rings is 2. The number of nitrogens with one attached hydrogen (secondary N) is 1. The first-order chi connectivity index (χ1) is 17.7. The molecule has 5 rings (SSSR count). The second-order valence-electron chi connectivity index (χ2n) is 9.11. The van der Waals surface area contributed by atoms with E-state index in [0.717, 1.165) is 40.6 Å². The second-order valence-corrected chi connectivity index (χ2v) is 10.3. The number of fused-ring (bicyclic) bond motifs is 1. The van der Waals surface area contributed by atoms with Crippen molar-refractivity contribution in [2.75, 3.05) is 12.1 Å². The van der Waals surface area contributed by atoms with E-state index in [1.165, 1.54) is 11.8 Å². The Kier molecular flexibility index (Phi) is 6.97. The fourth-order valence-electron chi connectivity index (χ4n) is 4.70. The molecule has 2 aliphatic rings. The quantitative estimate of drug-likeness (QED) is 0.369. The van der Waals surface area contributed by atoms with Crippen molar-refractivity contribution in [3.63, 3.8) is 0 Å². The van der Waals surface area contributed by atoms with Crippen LogP contribution >= 0.6 is 11.8 Å². The molecular formula is C26H25F3N4O3S. The van der Waals surface area contributed by atoms with Crippen LogP contribution in [0.3, 0.4) is 0 Å². The second kappa shape index (κ2) is 10.1. The topological polar surface area (TPSA) is 99.9 Å². The van der Waals surface area contributed by atoms with Gasteiger partial charge >= 0.3 is 6.18 Å². The predicted molar refractivity (Wildman–Crippen MR) is 135 cm³/mol. The highest BCUT2D eigenvalue weighted by Crippen LogP contribution is 2.50. The average Bonchev–Trinajstić information content (AvgIpc) is 3.48. The summed E-state index contributed by atoms with van der Waals surface area (Å²) in [6.07, 6.45) is -0.359. The van der Waals surface area contributed by atoms with Crippen LogP contribution in [0, 0.1) is 6.92 Å². The molecule has 0 fully saturated rings. The Hall–Kier alpha value is -2.99. The summed E-state index contributed by atoms with van der Waals surface area (Å²) >= 11 is 1.49. The van der Waals surface area contributed by atoms with Crippen molar-refractivity contribution in [1.82, 2.24) is 9.97 Å².